The predicted octanol–water partition coefficient (Wildman–Crippen LogP) is 1.20. The largest absolute Gasteiger partial charge is 0.340 e. The van der Waals surface area contributed by atoms with Crippen LogP contribution in [0, 0.1) is 5.92 Å². The SMILES string of the molecule is NC1(CC(=O)N2CCN(CC3CC3)CC2)CCCC1. The van der Waals surface area contributed by atoms with E-state index in [0.29, 0.717) is 6.42 Å². The van der Waals surface area contributed by atoms with Gasteiger partial charge in [-0.25, -0.2) is 0 Å². The van der Waals surface area contributed by atoms with Crippen molar-refractivity contribution < 1.29 is 4.79 Å². The Morgan fingerprint density at radius 3 is 2.32 bits per heavy atom. The van der Waals surface area contributed by atoms with Gasteiger partial charge in [-0.05, 0) is 31.6 Å². The molecule has 2 N–H and O–H groups in total. The van der Waals surface area contributed by atoms with E-state index in [9.17, 15) is 4.79 Å². The fourth-order valence-electron chi connectivity index (χ4n) is 3.51. The number of piperazine rings is 1. The maximum atomic E-state index is 12.3. The van der Waals surface area contributed by atoms with Crippen molar-refractivity contribution in [3.63, 3.8) is 0 Å². The lowest BCUT2D eigenvalue weighted by atomic mass is 9.94. The first-order valence-electron chi connectivity index (χ1n) is 7.94. The van der Waals surface area contributed by atoms with Crippen LogP contribution in [0.4, 0.5) is 0 Å². The highest BCUT2D eigenvalue weighted by atomic mass is 16.2. The van der Waals surface area contributed by atoms with E-state index in [-0.39, 0.29) is 11.4 Å². The number of carbonyl (C=O) groups is 1. The second-order valence-corrected chi connectivity index (χ2v) is 6.87. The monoisotopic (exact) mass is 265 g/mol. The Hall–Kier alpha value is -0.610. The number of nitrogens with zero attached hydrogens (tertiary/aromatic N) is 2. The van der Waals surface area contributed by atoms with Crippen LogP contribution in [0.25, 0.3) is 0 Å². The summed E-state index contributed by atoms with van der Waals surface area (Å²) in [4.78, 5) is 16.9. The second-order valence-electron chi connectivity index (χ2n) is 6.87. The lowest BCUT2D eigenvalue weighted by molar-refractivity contribution is -0.134. The summed E-state index contributed by atoms with van der Waals surface area (Å²) < 4.78 is 0. The molecule has 3 rings (SSSR count). The fraction of sp³-hybridized carbons (Fsp3) is 0.933. The summed E-state index contributed by atoms with van der Waals surface area (Å²) in [5, 5.41) is 0. The average Bonchev–Trinajstić information content (AvgIpc) is 3.10. The molecule has 0 aromatic rings. The summed E-state index contributed by atoms with van der Waals surface area (Å²) >= 11 is 0. The normalized spacial score (nSPS) is 27.7. The molecule has 2 saturated carbocycles. The van der Waals surface area contributed by atoms with Gasteiger partial charge in [-0.2, -0.15) is 0 Å². The third kappa shape index (κ3) is 3.48. The molecule has 0 aromatic carbocycles. The highest BCUT2D eigenvalue weighted by molar-refractivity contribution is 5.77. The van der Waals surface area contributed by atoms with Crippen molar-refractivity contribution in [3.05, 3.63) is 0 Å². The van der Waals surface area contributed by atoms with Gasteiger partial charge in [0.15, 0.2) is 0 Å². The molecule has 0 aromatic heterocycles. The maximum Gasteiger partial charge on any atom is 0.224 e. The molecule has 19 heavy (non-hydrogen) atoms. The summed E-state index contributed by atoms with van der Waals surface area (Å²) in [6.45, 7) is 5.17. The number of hydrogen-bond donors (Lipinski definition) is 1. The molecule has 0 spiro atoms. The summed E-state index contributed by atoms with van der Waals surface area (Å²) in [6, 6.07) is 0. The maximum absolute atomic E-state index is 12.3. The van der Waals surface area contributed by atoms with Crippen LogP contribution in [0.15, 0.2) is 0 Å². The minimum Gasteiger partial charge on any atom is -0.340 e. The minimum atomic E-state index is -0.192. The van der Waals surface area contributed by atoms with E-state index in [1.54, 1.807) is 0 Å². The molecule has 1 saturated heterocycles. The number of hydrogen-bond acceptors (Lipinski definition) is 3. The van der Waals surface area contributed by atoms with Crippen LogP contribution in [-0.4, -0.2) is 54.0 Å². The fourth-order valence-corrected chi connectivity index (χ4v) is 3.51. The van der Waals surface area contributed by atoms with Crippen LogP contribution in [0.3, 0.4) is 0 Å². The van der Waals surface area contributed by atoms with Gasteiger partial charge in [-0.15, -0.1) is 0 Å². The van der Waals surface area contributed by atoms with E-state index in [1.165, 1.54) is 32.2 Å². The third-order valence-corrected chi connectivity index (χ3v) is 5.04. The Bertz CT molecular complexity index is 326. The molecule has 0 atom stereocenters. The van der Waals surface area contributed by atoms with Crippen molar-refractivity contribution in [1.82, 2.24) is 9.80 Å². The molecule has 4 heteroatoms. The first-order valence-corrected chi connectivity index (χ1v) is 7.94. The summed E-state index contributed by atoms with van der Waals surface area (Å²) in [5.74, 6) is 1.24. The number of rotatable bonds is 4. The van der Waals surface area contributed by atoms with Gasteiger partial charge in [-0.1, -0.05) is 12.8 Å². The van der Waals surface area contributed by atoms with Crippen LogP contribution < -0.4 is 5.73 Å². The molecule has 3 aliphatic rings. The van der Waals surface area contributed by atoms with Crippen molar-refractivity contribution in [2.24, 2.45) is 11.7 Å². The summed E-state index contributed by atoms with van der Waals surface area (Å²) in [5.41, 5.74) is 6.12. The first-order chi connectivity index (χ1) is 9.15. The Labute approximate surface area is 116 Å². The molecule has 1 heterocycles. The quantitative estimate of drug-likeness (QED) is 0.831. The van der Waals surface area contributed by atoms with Crippen molar-refractivity contribution in [2.45, 2.75) is 50.5 Å². The van der Waals surface area contributed by atoms with Crippen LogP contribution in [0.2, 0.25) is 0 Å². The van der Waals surface area contributed by atoms with Gasteiger partial charge in [-0.3, -0.25) is 9.69 Å². The summed E-state index contributed by atoms with van der Waals surface area (Å²) in [7, 11) is 0. The number of carbonyl (C=O) groups excluding carboxylic acids is 1. The molecule has 2 aliphatic carbocycles. The molecule has 1 aliphatic heterocycles. The van der Waals surface area contributed by atoms with Gasteiger partial charge in [0.2, 0.25) is 5.91 Å². The lowest BCUT2D eigenvalue weighted by Crippen LogP contribution is -2.51. The van der Waals surface area contributed by atoms with Crippen molar-refractivity contribution in [1.29, 1.82) is 0 Å². The van der Waals surface area contributed by atoms with Gasteiger partial charge in [0.25, 0.3) is 0 Å². The van der Waals surface area contributed by atoms with Crippen LogP contribution >= 0.6 is 0 Å². The number of amides is 1. The topological polar surface area (TPSA) is 49.6 Å². The summed E-state index contributed by atoms with van der Waals surface area (Å²) in [6.07, 6.45) is 7.83. The second kappa shape index (κ2) is 5.41. The van der Waals surface area contributed by atoms with Crippen LogP contribution in [-0.2, 0) is 4.79 Å². The van der Waals surface area contributed by atoms with Crippen molar-refractivity contribution >= 4 is 5.91 Å². The molecule has 108 valence electrons. The standard InChI is InChI=1S/C15H27N3O/c16-15(5-1-2-6-15)11-14(19)18-9-7-17(8-10-18)12-13-3-4-13/h13H,1-12,16H2. The van der Waals surface area contributed by atoms with Crippen molar-refractivity contribution in [3.8, 4) is 0 Å². The molecule has 0 bridgehead atoms. The molecule has 0 unspecified atom stereocenters. The van der Waals surface area contributed by atoms with Gasteiger partial charge in [0, 0.05) is 44.7 Å². The first kappa shape index (κ1) is 13.4. The van der Waals surface area contributed by atoms with E-state index in [2.05, 4.69) is 4.90 Å². The van der Waals surface area contributed by atoms with Crippen molar-refractivity contribution in [2.75, 3.05) is 32.7 Å². The Kier molecular flexibility index (Phi) is 3.81. The zero-order valence-electron chi connectivity index (χ0n) is 11.9. The van der Waals surface area contributed by atoms with E-state index < -0.39 is 0 Å². The van der Waals surface area contributed by atoms with Gasteiger partial charge in [0.05, 0.1) is 0 Å². The van der Waals surface area contributed by atoms with E-state index in [1.807, 2.05) is 4.90 Å². The highest BCUT2D eigenvalue weighted by Gasteiger charge is 2.34. The van der Waals surface area contributed by atoms with Gasteiger partial charge in [0.1, 0.15) is 0 Å². The van der Waals surface area contributed by atoms with E-state index in [4.69, 9.17) is 5.73 Å². The van der Waals surface area contributed by atoms with E-state index >= 15 is 0 Å². The Morgan fingerprint density at radius 2 is 1.74 bits per heavy atom. The van der Waals surface area contributed by atoms with E-state index in [0.717, 1.165) is 44.9 Å². The zero-order chi connectivity index (χ0) is 13.3. The molecule has 0 radical (unpaired) electrons. The molecular formula is C15H27N3O. The highest BCUT2D eigenvalue weighted by Crippen LogP contribution is 2.31. The smallest absolute Gasteiger partial charge is 0.224 e. The predicted molar refractivity (Wildman–Crippen MR) is 75.7 cm³/mol. The molecule has 1 amide bonds. The third-order valence-electron chi connectivity index (χ3n) is 5.04. The zero-order valence-corrected chi connectivity index (χ0v) is 11.9. The Morgan fingerprint density at radius 1 is 1.11 bits per heavy atom. The number of nitrogens with two attached hydrogens (primary N) is 1. The van der Waals surface area contributed by atoms with Gasteiger partial charge >= 0.3 is 0 Å². The van der Waals surface area contributed by atoms with Crippen LogP contribution in [0.5, 0.6) is 0 Å². The molecule has 4 nitrogen and oxygen atoms in total. The minimum absolute atomic E-state index is 0.192. The molecular weight excluding hydrogens is 238 g/mol. The Balaban J connectivity index is 1.43. The molecule has 3 fully saturated rings. The average molecular weight is 265 g/mol. The lowest BCUT2D eigenvalue weighted by Gasteiger charge is -2.36. The van der Waals surface area contributed by atoms with Gasteiger partial charge < -0.3 is 10.6 Å². The van der Waals surface area contributed by atoms with Crippen LogP contribution in [0.1, 0.15) is 44.9 Å².